The number of benzene rings is 3. The van der Waals surface area contributed by atoms with E-state index < -0.39 is 5.60 Å². The lowest BCUT2D eigenvalue weighted by Crippen LogP contribution is -2.38. The topological polar surface area (TPSA) is 26.3 Å². The molecular weight excluding hydrogens is 424 g/mol. The summed E-state index contributed by atoms with van der Waals surface area (Å²) in [5.41, 5.74) is 0.898. The average molecular weight is 452 g/mol. The van der Waals surface area contributed by atoms with E-state index in [1.807, 2.05) is 19.1 Å². The molecule has 0 spiro atoms. The standard InChI is InChI=1S/C30H27O2S/c1-4-30(3,23-11-9-10-21(2)20-23)32-29(31)22-16-18-24(19-17-22)33-27-14-7-5-12-25(27)26-13-6-8-15-28(26)33/h1,5-8,12-20,23H,9-11H2,2-3H3/q+1. The fraction of sp³-hybridized carbons (Fsp3) is 0.233. The Labute approximate surface area is 197 Å². The summed E-state index contributed by atoms with van der Waals surface area (Å²) >= 11 is 0. The van der Waals surface area contributed by atoms with Crippen molar-refractivity contribution >= 4 is 36.6 Å². The molecule has 33 heavy (non-hydrogen) atoms. The van der Waals surface area contributed by atoms with Crippen LogP contribution in [-0.2, 0) is 4.74 Å². The Morgan fingerprint density at radius 3 is 2.18 bits per heavy atom. The van der Waals surface area contributed by atoms with E-state index >= 15 is 0 Å². The zero-order valence-electron chi connectivity index (χ0n) is 19.0. The Balaban J connectivity index is 1.46. The van der Waals surface area contributed by atoms with Gasteiger partial charge in [-0.25, -0.2) is 4.79 Å². The Hall–Kier alpha value is -3.35. The molecule has 2 nitrogen and oxygen atoms in total. The van der Waals surface area contributed by atoms with Gasteiger partial charge < -0.3 is 4.74 Å². The SMILES string of the molecule is C#CC(C)(OC(=O)c1ccc(-[s+]2c3ccccc3c3ccccc32)cc1)C1C=C(C)CCC1. The largest absolute Gasteiger partial charge is 0.442 e. The molecule has 0 radical (unpaired) electrons. The van der Waals surface area contributed by atoms with Gasteiger partial charge in [0.2, 0.25) is 0 Å². The summed E-state index contributed by atoms with van der Waals surface area (Å²) in [5, 5.41) is 2.58. The first-order chi connectivity index (χ1) is 16.0. The van der Waals surface area contributed by atoms with Gasteiger partial charge in [-0.05, 0) is 81.6 Å². The fourth-order valence-corrected chi connectivity index (χ4v) is 7.22. The van der Waals surface area contributed by atoms with E-state index in [4.69, 9.17) is 11.2 Å². The maximum Gasteiger partial charge on any atom is 0.339 e. The molecule has 0 saturated heterocycles. The number of carbonyl (C=O) groups is 1. The van der Waals surface area contributed by atoms with Crippen molar-refractivity contribution in [2.45, 2.75) is 38.7 Å². The van der Waals surface area contributed by atoms with Crippen LogP contribution in [0.3, 0.4) is 0 Å². The highest BCUT2D eigenvalue weighted by molar-refractivity contribution is 7.50. The summed E-state index contributed by atoms with van der Waals surface area (Å²) in [5.74, 6) is 2.44. The Kier molecular flexibility index (Phi) is 5.56. The van der Waals surface area contributed by atoms with Crippen molar-refractivity contribution in [1.82, 2.24) is 0 Å². The molecule has 4 aromatic rings. The number of fused-ring (bicyclic) bond motifs is 3. The Morgan fingerprint density at radius 1 is 1.00 bits per heavy atom. The third kappa shape index (κ3) is 3.86. The van der Waals surface area contributed by atoms with Gasteiger partial charge in [0, 0.05) is 27.2 Å². The highest BCUT2D eigenvalue weighted by atomic mass is 32.2. The molecule has 3 aromatic carbocycles. The zero-order chi connectivity index (χ0) is 23.0. The summed E-state index contributed by atoms with van der Waals surface area (Å²) in [7, 11) is -0.183. The molecule has 1 aliphatic rings. The van der Waals surface area contributed by atoms with Gasteiger partial charge in [-0.1, -0.05) is 41.8 Å². The molecule has 5 rings (SSSR count). The number of thiophene rings is 1. The first-order valence-corrected chi connectivity index (χ1v) is 12.6. The average Bonchev–Trinajstić information content (AvgIpc) is 3.18. The van der Waals surface area contributed by atoms with Gasteiger partial charge in [0.1, 0.15) is 0 Å². The minimum atomic E-state index is -0.942. The van der Waals surface area contributed by atoms with Gasteiger partial charge >= 0.3 is 5.97 Å². The van der Waals surface area contributed by atoms with Crippen molar-refractivity contribution in [2.24, 2.45) is 5.92 Å². The van der Waals surface area contributed by atoms with Crippen molar-refractivity contribution in [3.05, 3.63) is 90.0 Å². The lowest BCUT2D eigenvalue weighted by atomic mass is 9.80. The molecule has 1 heterocycles. The quantitative estimate of drug-likeness (QED) is 0.136. The first kappa shape index (κ1) is 21.5. The number of esters is 1. The number of allylic oxidation sites excluding steroid dienone is 1. The van der Waals surface area contributed by atoms with Gasteiger partial charge in [-0.15, -0.1) is 6.42 Å². The Bertz CT molecular complexity index is 1360. The second-order valence-corrected chi connectivity index (χ2v) is 10.9. The molecule has 0 amide bonds. The normalized spacial score (nSPS) is 17.8. The zero-order valence-corrected chi connectivity index (χ0v) is 19.8. The van der Waals surface area contributed by atoms with Crippen LogP contribution in [0.5, 0.6) is 0 Å². The first-order valence-electron chi connectivity index (χ1n) is 11.4. The molecule has 3 heteroatoms. The number of hydrogen-bond acceptors (Lipinski definition) is 2. The van der Waals surface area contributed by atoms with Crippen molar-refractivity contribution in [3.8, 4) is 17.2 Å². The number of hydrogen-bond donors (Lipinski definition) is 0. The molecular formula is C30H27O2S+. The second kappa shape index (κ2) is 8.54. The molecule has 1 aromatic heterocycles. The molecule has 0 N–H and O–H groups in total. The van der Waals surface area contributed by atoms with Crippen molar-refractivity contribution in [3.63, 3.8) is 0 Å². The highest BCUT2D eigenvalue weighted by Gasteiger charge is 2.36. The van der Waals surface area contributed by atoms with Crippen molar-refractivity contribution in [2.75, 3.05) is 0 Å². The smallest absolute Gasteiger partial charge is 0.339 e. The van der Waals surface area contributed by atoms with Gasteiger partial charge in [0.05, 0.1) is 5.56 Å². The number of rotatable bonds is 4. The molecule has 164 valence electrons. The van der Waals surface area contributed by atoms with Crippen LogP contribution in [-0.4, -0.2) is 11.6 Å². The van der Waals surface area contributed by atoms with Crippen molar-refractivity contribution in [1.29, 1.82) is 0 Å². The molecule has 0 bridgehead atoms. The van der Waals surface area contributed by atoms with E-state index in [1.54, 1.807) is 0 Å². The summed E-state index contributed by atoms with van der Waals surface area (Å²) in [6.45, 7) is 3.97. The van der Waals surface area contributed by atoms with Crippen LogP contribution in [0, 0.1) is 18.3 Å². The van der Waals surface area contributed by atoms with Crippen LogP contribution in [0.4, 0.5) is 0 Å². The Morgan fingerprint density at radius 2 is 1.61 bits per heavy atom. The van der Waals surface area contributed by atoms with E-state index in [2.05, 4.69) is 79.6 Å². The van der Waals surface area contributed by atoms with Crippen LogP contribution in [0.1, 0.15) is 43.5 Å². The summed E-state index contributed by atoms with van der Waals surface area (Å²) < 4.78 is 8.58. The highest BCUT2D eigenvalue weighted by Crippen LogP contribution is 2.48. The summed E-state index contributed by atoms with van der Waals surface area (Å²) in [4.78, 5) is 14.2. The van der Waals surface area contributed by atoms with Crippen LogP contribution < -0.4 is 0 Å². The van der Waals surface area contributed by atoms with Crippen molar-refractivity contribution < 1.29 is 9.53 Å². The van der Waals surface area contributed by atoms with E-state index in [-0.39, 0.29) is 22.4 Å². The monoisotopic (exact) mass is 451 g/mol. The number of carbonyl (C=O) groups excluding carboxylic acids is 1. The third-order valence-electron chi connectivity index (χ3n) is 6.70. The van der Waals surface area contributed by atoms with Gasteiger partial charge in [-0.2, -0.15) is 0 Å². The predicted octanol–water partition coefficient (Wildman–Crippen LogP) is 8.03. The minimum Gasteiger partial charge on any atom is -0.442 e. The molecule has 1 aliphatic carbocycles. The van der Waals surface area contributed by atoms with E-state index in [0.717, 1.165) is 19.3 Å². The van der Waals surface area contributed by atoms with E-state index in [0.29, 0.717) is 5.56 Å². The maximum absolute atomic E-state index is 13.0. The van der Waals surface area contributed by atoms with Gasteiger partial charge in [0.25, 0.3) is 0 Å². The molecule has 2 unspecified atom stereocenters. The molecule has 0 aliphatic heterocycles. The molecule has 0 saturated carbocycles. The lowest BCUT2D eigenvalue weighted by Gasteiger charge is -2.33. The second-order valence-electron chi connectivity index (χ2n) is 8.98. The lowest BCUT2D eigenvalue weighted by molar-refractivity contribution is -0.00316. The van der Waals surface area contributed by atoms with Crippen LogP contribution in [0.15, 0.2) is 84.4 Å². The summed E-state index contributed by atoms with van der Waals surface area (Å²) in [6, 6.07) is 25.0. The predicted molar refractivity (Wildman–Crippen MR) is 139 cm³/mol. The van der Waals surface area contributed by atoms with E-state index in [9.17, 15) is 4.79 Å². The maximum atomic E-state index is 13.0. The van der Waals surface area contributed by atoms with Gasteiger partial charge in [-0.3, -0.25) is 0 Å². The molecule has 0 fully saturated rings. The summed E-state index contributed by atoms with van der Waals surface area (Å²) in [6.07, 6.45) is 11.1. The van der Waals surface area contributed by atoms with Crippen LogP contribution in [0.25, 0.3) is 25.1 Å². The fourth-order valence-electron chi connectivity index (χ4n) is 4.84. The molecule has 2 atom stereocenters. The third-order valence-corrected chi connectivity index (χ3v) is 9.04. The van der Waals surface area contributed by atoms with E-state index in [1.165, 1.54) is 30.6 Å². The van der Waals surface area contributed by atoms with Gasteiger partial charge in [0.15, 0.2) is 19.9 Å². The minimum absolute atomic E-state index is 0.0486. The van der Waals surface area contributed by atoms with Crippen LogP contribution in [0.2, 0.25) is 0 Å². The number of ether oxygens (including phenoxy) is 1. The van der Waals surface area contributed by atoms with Crippen LogP contribution >= 0.6 is 10.5 Å². The number of terminal acetylenes is 1.